The molecule has 8 nitrogen and oxygen atoms in total. The molecule has 1 heterocycles. The molecule has 0 unspecified atom stereocenters. The molecule has 0 spiro atoms. The van der Waals surface area contributed by atoms with Gasteiger partial charge >= 0.3 is 11.9 Å². The van der Waals surface area contributed by atoms with Crippen LogP contribution in [0.2, 0.25) is 5.02 Å². The summed E-state index contributed by atoms with van der Waals surface area (Å²) in [5.41, 5.74) is 1.02. The third-order valence-corrected chi connectivity index (χ3v) is 3.06. The summed E-state index contributed by atoms with van der Waals surface area (Å²) in [6.45, 7) is 0. The molecule has 0 fully saturated rings. The Labute approximate surface area is 136 Å². The van der Waals surface area contributed by atoms with Crippen molar-refractivity contribution in [3.8, 4) is 5.69 Å². The smallest absolute Gasteiger partial charge is 0.354 e. The van der Waals surface area contributed by atoms with Crippen LogP contribution >= 0.6 is 11.6 Å². The molecule has 9 heteroatoms. The third kappa shape index (κ3) is 4.07. The fraction of sp³-hybridized carbons (Fsp3) is 0.143. The van der Waals surface area contributed by atoms with Crippen LogP contribution < -0.4 is 5.32 Å². The van der Waals surface area contributed by atoms with E-state index in [1.807, 2.05) is 0 Å². The van der Waals surface area contributed by atoms with Gasteiger partial charge in [0.1, 0.15) is 18.4 Å². The van der Waals surface area contributed by atoms with Gasteiger partial charge in [0.15, 0.2) is 0 Å². The van der Waals surface area contributed by atoms with E-state index in [2.05, 4.69) is 24.9 Å². The van der Waals surface area contributed by atoms with Crippen LogP contribution in [0.3, 0.4) is 0 Å². The van der Waals surface area contributed by atoms with Gasteiger partial charge in [-0.15, -0.1) is 0 Å². The summed E-state index contributed by atoms with van der Waals surface area (Å²) >= 11 is 6.19. The van der Waals surface area contributed by atoms with Crippen molar-refractivity contribution >= 4 is 29.2 Å². The second-order valence-electron chi connectivity index (χ2n) is 4.20. The van der Waals surface area contributed by atoms with E-state index in [9.17, 15) is 9.59 Å². The van der Waals surface area contributed by atoms with Crippen molar-refractivity contribution in [2.45, 2.75) is 0 Å². The van der Waals surface area contributed by atoms with E-state index in [0.29, 0.717) is 16.4 Å². The Kier molecular flexibility index (Phi) is 5.32. The van der Waals surface area contributed by atoms with E-state index in [1.165, 1.54) is 31.6 Å². The molecule has 1 aromatic heterocycles. The lowest BCUT2D eigenvalue weighted by atomic mass is 10.2. The first-order valence-electron chi connectivity index (χ1n) is 6.34. The molecule has 120 valence electrons. The summed E-state index contributed by atoms with van der Waals surface area (Å²) in [6, 6.07) is 4.93. The number of anilines is 1. The molecule has 0 aliphatic rings. The Morgan fingerprint density at radius 3 is 2.65 bits per heavy atom. The zero-order valence-corrected chi connectivity index (χ0v) is 13.1. The monoisotopic (exact) mass is 336 g/mol. The molecule has 23 heavy (non-hydrogen) atoms. The van der Waals surface area contributed by atoms with Crippen LogP contribution in [0.1, 0.15) is 0 Å². The molecule has 0 aliphatic heterocycles. The molecular weight excluding hydrogens is 324 g/mol. The molecule has 0 atom stereocenters. The molecule has 1 aromatic carbocycles. The Bertz CT molecular complexity index is 743. The van der Waals surface area contributed by atoms with Gasteiger partial charge in [-0.25, -0.2) is 19.3 Å². The number of aromatic nitrogens is 3. The standard InChI is InChI=1S/C14H13ClN4O4/c1-22-13(20)6-11(14(21)23-2)18-9-3-4-12(10(15)5-9)19-8-16-7-17-19/h3-8,18H,1-2H3/b11-6+. The molecule has 0 radical (unpaired) electrons. The first-order valence-corrected chi connectivity index (χ1v) is 6.72. The van der Waals surface area contributed by atoms with E-state index in [4.69, 9.17) is 11.6 Å². The highest BCUT2D eigenvalue weighted by atomic mass is 35.5. The predicted molar refractivity (Wildman–Crippen MR) is 82.1 cm³/mol. The maximum atomic E-state index is 11.7. The summed E-state index contributed by atoms with van der Waals surface area (Å²) in [5, 5.41) is 7.13. The van der Waals surface area contributed by atoms with Gasteiger partial charge in [-0.2, -0.15) is 5.10 Å². The number of benzene rings is 1. The largest absolute Gasteiger partial charge is 0.466 e. The van der Waals surface area contributed by atoms with Crippen LogP contribution in [0.25, 0.3) is 5.69 Å². The molecule has 0 bridgehead atoms. The Balaban J connectivity index is 2.27. The number of esters is 2. The number of halogens is 1. The van der Waals surface area contributed by atoms with Crippen LogP contribution in [0.15, 0.2) is 42.6 Å². The molecule has 0 amide bonds. The maximum Gasteiger partial charge on any atom is 0.354 e. The first-order chi connectivity index (χ1) is 11.0. The molecule has 0 saturated carbocycles. The molecule has 0 saturated heterocycles. The van der Waals surface area contributed by atoms with Gasteiger partial charge in [0.2, 0.25) is 0 Å². The van der Waals surface area contributed by atoms with Crippen molar-refractivity contribution < 1.29 is 19.1 Å². The summed E-state index contributed by atoms with van der Waals surface area (Å²) in [4.78, 5) is 26.9. The first kappa shape index (κ1) is 16.5. The molecule has 2 rings (SSSR count). The van der Waals surface area contributed by atoms with Gasteiger partial charge in [-0.05, 0) is 18.2 Å². The van der Waals surface area contributed by atoms with Gasteiger partial charge in [-0.1, -0.05) is 11.6 Å². The number of hydrogen-bond acceptors (Lipinski definition) is 7. The number of carbonyl (C=O) groups excluding carboxylic acids is 2. The van der Waals surface area contributed by atoms with Crippen molar-refractivity contribution in [2.24, 2.45) is 0 Å². The molecule has 2 aromatic rings. The average Bonchev–Trinajstić information content (AvgIpc) is 3.07. The zero-order chi connectivity index (χ0) is 16.8. The highest BCUT2D eigenvalue weighted by molar-refractivity contribution is 6.32. The lowest BCUT2D eigenvalue weighted by Gasteiger charge is -2.11. The van der Waals surface area contributed by atoms with Crippen LogP contribution in [0.4, 0.5) is 5.69 Å². The number of methoxy groups -OCH3 is 2. The van der Waals surface area contributed by atoms with Gasteiger partial charge in [0, 0.05) is 5.69 Å². The topological polar surface area (TPSA) is 95.3 Å². The van der Waals surface area contributed by atoms with Crippen LogP contribution in [0, 0.1) is 0 Å². The Morgan fingerprint density at radius 2 is 2.09 bits per heavy atom. The summed E-state index contributed by atoms with van der Waals surface area (Å²) < 4.78 is 10.6. The molecule has 0 aliphatic carbocycles. The second kappa shape index (κ2) is 7.41. The summed E-state index contributed by atoms with van der Waals surface area (Å²) in [5.74, 6) is -1.41. The van der Waals surface area contributed by atoms with Crippen LogP contribution in [0.5, 0.6) is 0 Å². The molecular formula is C14H13ClN4O4. The van der Waals surface area contributed by atoms with E-state index in [1.54, 1.807) is 18.2 Å². The van der Waals surface area contributed by atoms with E-state index < -0.39 is 11.9 Å². The fourth-order valence-corrected chi connectivity index (χ4v) is 1.96. The zero-order valence-electron chi connectivity index (χ0n) is 12.3. The lowest BCUT2D eigenvalue weighted by molar-refractivity contribution is -0.138. The van der Waals surface area contributed by atoms with Crippen molar-refractivity contribution in [2.75, 3.05) is 19.5 Å². The Morgan fingerprint density at radius 1 is 1.30 bits per heavy atom. The SMILES string of the molecule is COC(=O)/C=C(/Nc1ccc(-n2cncn2)c(Cl)c1)C(=O)OC. The number of carbonyl (C=O) groups is 2. The van der Waals surface area contributed by atoms with Gasteiger partial charge in [0.05, 0.1) is 31.0 Å². The van der Waals surface area contributed by atoms with Gasteiger partial charge in [0.25, 0.3) is 0 Å². The maximum absolute atomic E-state index is 11.7. The summed E-state index contributed by atoms with van der Waals surface area (Å²) in [7, 11) is 2.41. The van der Waals surface area contributed by atoms with Crippen molar-refractivity contribution in [1.29, 1.82) is 0 Å². The normalized spacial score (nSPS) is 11.0. The minimum absolute atomic E-state index is 0.0797. The highest BCUT2D eigenvalue weighted by Crippen LogP contribution is 2.24. The van der Waals surface area contributed by atoms with Crippen molar-refractivity contribution in [3.05, 3.63) is 47.6 Å². The quantitative estimate of drug-likeness (QED) is 0.654. The highest BCUT2D eigenvalue weighted by Gasteiger charge is 2.14. The van der Waals surface area contributed by atoms with Crippen molar-refractivity contribution in [3.63, 3.8) is 0 Å². The molecule has 1 N–H and O–H groups in total. The predicted octanol–water partition coefficient (Wildman–Crippen LogP) is 1.56. The van der Waals surface area contributed by atoms with Crippen LogP contribution in [-0.4, -0.2) is 40.9 Å². The average molecular weight is 337 g/mol. The second-order valence-corrected chi connectivity index (χ2v) is 4.61. The van der Waals surface area contributed by atoms with Crippen molar-refractivity contribution in [1.82, 2.24) is 14.8 Å². The summed E-state index contributed by atoms with van der Waals surface area (Å²) in [6.07, 6.45) is 3.88. The minimum Gasteiger partial charge on any atom is -0.466 e. The van der Waals surface area contributed by atoms with Gasteiger partial charge in [-0.3, -0.25) is 0 Å². The van der Waals surface area contributed by atoms with Crippen LogP contribution in [-0.2, 0) is 19.1 Å². The van der Waals surface area contributed by atoms with E-state index in [-0.39, 0.29) is 5.70 Å². The lowest BCUT2D eigenvalue weighted by Crippen LogP contribution is -2.15. The third-order valence-electron chi connectivity index (χ3n) is 2.76. The number of ether oxygens (including phenoxy) is 2. The number of rotatable bonds is 5. The number of nitrogens with one attached hydrogen (secondary N) is 1. The fourth-order valence-electron chi connectivity index (χ4n) is 1.69. The van der Waals surface area contributed by atoms with E-state index in [0.717, 1.165) is 6.08 Å². The number of hydrogen-bond donors (Lipinski definition) is 1. The minimum atomic E-state index is -0.716. The van der Waals surface area contributed by atoms with Gasteiger partial charge < -0.3 is 14.8 Å². The Hall–Kier alpha value is -2.87. The number of nitrogens with zero attached hydrogens (tertiary/aromatic N) is 3. The van der Waals surface area contributed by atoms with E-state index >= 15 is 0 Å².